The van der Waals surface area contributed by atoms with Crippen LogP contribution in [0.25, 0.3) is 0 Å². The van der Waals surface area contributed by atoms with Crippen LogP contribution in [-0.4, -0.2) is 55.5 Å². The first-order valence-corrected chi connectivity index (χ1v) is 10.8. The second kappa shape index (κ2) is 11.9. The zero-order valence-corrected chi connectivity index (χ0v) is 18.2. The molecule has 1 aliphatic rings. The molecule has 0 bridgehead atoms. The molecule has 1 aliphatic heterocycles. The summed E-state index contributed by atoms with van der Waals surface area (Å²) in [5.41, 5.74) is 1.56. The highest BCUT2D eigenvalue weighted by Crippen LogP contribution is 2.22. The number of carbonyl (C=O) groups excluding carboxylic acids is 3. The zero-order chi connectivity index (χ0) is 22.8. The van der Waals surface area contributed by atoms with Gasteiger partial charge in [-0.15, -0.1) is 0 Å². The Morgan fingerprint density at radius 1 is 1.06 bits per heavy atom. The Bertz CT molecular complexity index is 902. The molecule has 0 aromatic heterocycles. The lowest BCUT2D eigenvalue weighted by Gasteiger charge is -2.33. The number of anilines is 1. The van der Waals surface area contributed by atoms with E-state index in [-0.39, 0.29) is 18.6 Å². The summed E-state index contributed by atoms with van der Waals surface area (Å²) in [6, 6.07) is 16.6. The van der Waals surface area contributed by atoms with Crippen molar-refractivity contribution in [2.75, 3.05) is 38.2 Å². The third-order valence-corrected chi connectivity index (χ3v) is 5.07. The van der Waals surface area contributed by atoms with Crippen molar-refractivity contribution in [1.29, 1.82) is 0 Å². The van der Waals surface area contributed by atoms with Crippen LogP contribution in [0, 0.1) is 0 Å². The standard InChI is InChI=1S/C24H29N3O5/c1-2-31-20-12-10-19(11-13-20)26-24(30)23(29)25-14-6-9-22(28)27-15-16-32-21(17-27)18-7-4-3-5-8-18/h3-5,7-8,10-13,21H,2,6,9,14-17H2,1H3,(H,25,29)(H,26,30). The van der Waals surface area contributed by atoms with E-state index < -0.39 is 11.8 Å². The number of amides is 3. The Morgan fingerprint density at radius 2 is 1.81 bits per heavy atom. The minimum absolute atomic E-state index is 0.0160. The number of rotatable bonds is 8. The van der Waals surface area contributed by atoms with Crippen molar-refractivity contribution in [2.45, 2.75) is 25.9 Å². The molecule has 1 saturated heterocycles. The number of hydrogen-bond donors (Lipinski definition) is 2. The van der Waals surface area contributed by atoms with E-state index >= 15 is 0 Å². The number of benzene rings is 2. The van der Waals surface area contributed by atoms with Crippen molar-refractivity contribution in [3.05, 3.63) is 60.2 Å². The molecular weight excluding hydrogens is 410 g/mol. The molecule has 0 radical (unpaired) electrons. The molecule has 1 fully saturated rings. The van der Waals surface area contributed by atoms with Crippen LogP contribution in [0.1, 0.15) is 31.4 Å². The van der Waals surface area contributed by atoms with Gasteiger partial charge in [-0.3, -0.25) is 14.4 Å². The molecule has 8 heteroatoms. The SMILES string of the molecule is CCOc1ccc(NC(=O)C(=O)NCCCC(=O)N2CCOC(c3ccccc3)C2)cc1. The first kappa shape index (κ1) is 23.3. The maximum atomic E-state index is 12.5. The highest BCUT2D eigenvalue weighted by Gasteiger charge is 2.25. The van der Waals surface area contributed by atoms with Gasteiger partial charge in [-0.2, -0.15) is 0 Å². The van der Waals surface area contributed by atoms with Gasteiger partial charge in [-0.1, -0.05) is 30.3 Å². The second-order valence-corrected chi connectivity index (χ2v) is 7.38. The Labute approximate surface area is 187 Å². The third-order valence-electron chi connectivity index (χ3n) is 5.07. The largest absolute Gasteiger partial charge is 0.494 e. The highest BCUT2D eigenvalue weighted by molar-refractivity contribution is 6.39. The minimum Gasteiger partial charge on any atom is -0.494 e. The maximum Gasteiger partial charge on any atom is 0.313 e. The van der Waals surface area contributed by atoms with E-state index in [1.54, 1.807) is 29.2 Å². The topological polar surface area (TPSA) is 97.0 Å². The van der Waals surface area contributed by atoms with Crippen molar-refractivity contribution in [1.82, 2.24) is 10.2 Å². The van der Waals surface area contributed by atoms with E-state index in [0.717, 1.165) is 5.56 Å². The van der Waals surface area contributed by atoms with Gasteiger partial charge < -0.3 is 25.0 Å². The molecule has 8 nitrogen and oxygen atoms in total. The molecule has 0 spiro atoms. The molecule has 0 aliphatic carbocycles. The molecule has 1 unspecified atom stereocenters. The summed E-state index contributed by atoms with van der Waals surface area (Å²) >= 11 is 0. The van der Waals surface area contributed by atoms with Crippen LogP contribution in [0.3, 0.4) is 0 Å². The van der Waals surface area contributed by atoms with Gasteiger partial charge in [0.05, 0.1) is 19.8 Å². The fourth-order valence-corrected chi connectivity index (χ4v) is 3.41. The number of nitrogens with zero attached hydrogens (tertiary/aromatic N) is 1. The molecule has 3 rings (SSSR count). The van der Waals surface area contributed by atoms with Crippen molar-refractivity contribution < 1.29 is 23.9 Å². The molecule has 1 heterocycles. The van der Waals surface area contributed by atoms with Gasteiger partial charge >= 0.3 is 11.8 Å². The van der Waals surface area contributed by atoms with Crippen molar-refractivity contribution in [3.63, 3.8) is 0 Å². The summed E-state index contributed by atoms with van der Waals surface area (Å²) in [5, 5.41) is 5.09. The van der Waals surface area contributed by atoms with Crippen molar-refractivity contribution in [2.24, 2.45) is 0 Å². The summed E-state index contributed by atoms with van der Waals surface area (Å²) in [6.07, 6.45) is 0.622. The van der Waals surface area contributed by atoms with Crippen LogP contribution in [0.5, 0.6) is 5.75 Å². The van der Waals surface area contributed by atoms with E-state index in [2.05, 4.69) is 10.6 Å². The number of ether oxygens (including phenoxy) is 2. The third kappa shape index (κ3) is 6.81. The summed E-state index contributed by atoms with van der Waals surface area (Å²) < 4.78 is 11.1. The first-order valence-electron chi connectivity index (χ1n) is 10.8. The van der Waals surface area contributed by atoms with Crippen LogP contribution in [0.2, 0.25) is 0 Å². The van der Waals surface area contributed by atoms with Gasteiger partial charge in [0.25, 0.3) is 0 Å². The molecule has 0 saturated carbocycles. The molecule has 2 N–H and O–H groups in total. The van der Waals surface area contributed by atoms with E-state index in [1.807, 2.05) is 37.3 Å². The quantitative estimate of drug-likeness (QED) is 0.487. The average molecular weight is 440 g/mol. The monoisotopic (exact) mass is 439 g/mol. The van der Waals surface area contributed by atoms with Crippen molar-refractivity contribution >= 4 is 23.4 Å². The summed E-state index contributed by atoms with van der Waals surface area (Å²) in [6.45, 7) is 4.24. The number of morpholine rings is 1. The van der Waals surface area contributed by atoms with Gasteiger partial charge in [0.2, 0.25) is 5.91 Å². The highest BCUT2D eigenvalue weighted by atomic mass is 16.5. The van der Waals surface area contributed by atoms with Gasteiger partial charge in [-0.05, 0) is 43.2 Å². The van der Waals surface area contributed by atoms with Gasteiger partial charge in [0.15, 0.2) is 0 Å². The summed E-state index contributed by atoms with van der Waals surface area (Å²) in [7, 11) is 0. The van der Waals surface area contributed by atoms with E-state index in [9.17, 15) is 14.4 Å². The lowest BCUT2D eigenvalue weighted by molar-refractivity contribution is -0.139. The number of nitrogens with one attached hydrogen (secondary N) is 2. The van der Waals surface area contributed by atoms with Gasteiger partial charge in [-0.25, -0.2) is 0 Å². The van der Waals surface area contributed by atoms with Crippen molar-refractivity contribution in [3.8, 4) is 5.75 Å². The number of carbonyl (C=O) groups is 3. The van der Waals surface area contributed by atoms with Gasteiger partial charge in [0.1, 0.15) is 11.9 Å². The zero-order valence-electron chi connectivity index (χ0n) is 18.2. The molecule has 2 aromatic carbocycles. The van der Waals surface area contributed by atoms with Crippen LogP contribution in [0.4, 0.5) is 5.69 Å². The predicted octanol–water partition coefficient (Wildman–Crippen LogP) is 2.52. The minimum atomic E-state index is -0.751. The van der Waals surface area contributed by atoms with E-state index in [0.29, 0.717) is 50.6 Å². The molecule has 170 valence electrons. The Morgan fingerprint density at radius 3 is 2.53 bits per heavy atom. The molecule has 3 amide bonds. The Kier molecular flexibility index (Phi) is 8.62. The molecule has 1 atom stereocenters. The summed E-state index contributed by atoms with van der Waals surface area (Å²) in [4.78, 5) is 38.4. The number of hydrogen-bond acceptors (Lipinski definition) is 5. The molecule has 32 heavy (non-hydrogen) atoms. The van der Waals surface area contributed by atoms with E-state index in [1.165, 1.54) is 0 Å². The molecule has 2 aromatic rings. The van der Waals surface area contributed by atoms with Crippen LogP contribution in [-0.2, 0) is 19.1 Å². The fourth-order valence-electron chi connectivity index (χ4n) is 3.41. The lowest BCUT2D eigenvalue weighted by atomic mass is 10.1. The Balaban J connectivity index is 1.36. The van der Waals surface area contributed by atoms with Crippen LogP contribution < -0.4 is 15.4 Å². The maximum absolute atomic E-state index is 12.5. The average Bonchev–Trinajstić information content (AvgIpc) is 2.83. The van der Waals surface area contributed by atoms with Crippen LogP contribution in [0.15, 0.2) is 54.6 Å². The fraction of sp³-hybridized carbons (Fsp3) is 0.375. The van der Waals surface area contributed by atoms with E-state index in [4.69, 9.17) is 9.47 Å². The second-order valence-electron chi connectivity index (χ2n) is 7.38. The predicted molar refractivity (Wildman–Crippen MR) is 120 cm³/mol. The summed E-state index contributed by atoms with van der Waals surface area (Å²) in [5.74, 6) is -0.779. The smallest absolute Gasteiger partial charge is 0.313 e. The first-order chi connectivity index (χ1) is 15.6. The normalized spacial score (nSPS) is 15.7. The van der Waals surface area contributed by atoms with Gasteiger partial charge in [0, 0.05) is 25.2 Å². The van der Waals surface area contributed by atoms with Crippen LogP contribution >= 0.6 is 0 Å². The molecular formula is C24H29N3O5. The Hall–Kier alpha value is -3.39. The lowest BCUT2D eigenvalue weighted by Crippen LogP contribution is -2.42.